The Morgan fingerprint density at radius 3 is 2.20 bits per heavy atom. The van der Waals surface area contributed by atoms with Gasteiger partial charge in [-0.3, -0.25) is 4.79 Å². The number of amides is 1. The molecule has 0 aliphatic heterocycles. The second kappa shape index (κ2) is 9.13. The molecule has 0 unspecified atom stereocenters. The van der Waals surface area contributed by atoms with Crippen molar-refractivity contribution in [2.75, 3.05) is 19.7 Å². The summed E-state index contributed by atoms with van der Waals surface area (Å²) < 4.78 is 10.3. The van der Waals surface area contributed by atoms with Crippen molar-refractivity contribution in [1.82, 2.24) is 4.90 Å². The molecule has 1 aromatic carbocycles. The Morgan fingerprint density at radius 1 is 1.12 bits per heavy atom. The van der Waals surface area contributed by atoms with E-state index in [0.29, 0.717) is 23.7 Å². The molecule has 0 bridgehead atoms. The van der Waals surface area contributed by atoms with Crippen molar-refractivity contribution in [2.24, 2.45) is 0 Å². The average molecular weight is 368 g/mol. The molecule has 25 heavy (non-hydrogen) atoms. The minimum atomic E-state index is -0.758. The highest BCUT2D eigenvalue weighted by molar-refractivity contribution is 8.13. The Balaban J connectivity index is 3.30. The van der Waals surface area contributed by atoms with Gasteiger partial charge in [-0.2, -0.15) is 0 Å². The van der Waals surface area contributed by atoms with Crippen molar-refractivity contribution >= 4 is 23.2 Å². The molecule has 0 aliphatic rings. The third-order valence-corrected chi connectivity index (χ3v) is 4.73. The van der Waals surface area contributed by atoms with Crippen LogP contribution in [-0.4, -0.2) is 36.0 Å². The van der Waals surface area contributed by atoms with E-state index in [1.807, 2.05) is 32.9 Å². The van der Waals surface area contributed by atoms with E-state index >= 15 is 0 Å². The fraction of sp³-hybridized carbons (Fsp3) is 0.579. The summed E-state index contributed by atoms with van der Waals surface area (Å²) >= 11 is 1.09. The fourth-order valence-electron chi connectivity index (χ4n) is 2.25. The van der Waals surface area contributed by atoms with Crippen LogP contribution in [0.1, 0.15) is 52.7 Å². The van der Waals surface area contributed by atoms with Gasteiger partial charge in [0, 0.05) is 13.1 Å². The zero-order valence-electron chi connectivity index (χ0n) is 16.3. The topological polar surface area (TPSA) is 55.8 Å². The van der Waals surface area contributed by atoms with Gasteiger partial charge in [0.05, 0.1) is 11.5 Å². The van der Waals surface area contributed by atoms with E-state index in [0.717, 1.165) is 22.9 Å². The Kier molecular flexibility index (Phi) is 7.80. The molecule has 140 valence electrons. The lowest BCUT2D eigenvalue weighted by Gasteiger charge is -2.23. The number of benzene rings is 1. The maximum atomic E-state index is 12.5. The van der Waals surface area contributed by atoms with Crippen LogP contribution in [-0.2, 0) is 10.2 Å². The Morgan fingerprint density at radius 2 is 1.72 bits per heavy atom. The van der Waals surface area contributed by atoms with Crippen molar-refractivity contribution in [3.8, 4) is 5.75 Å². The zero-order valence-corrected chi connectivity index (χ0v) is 17.1. The van der Waals surface area contributed by atoms with Crippen LogP contribution in [0.15, 0.2) is 17.0 Å². The zero-order chi connectivity index (χ0) is 19.2. The van der Waals surface area contributed by atoms with Crippen LogP contribution in [0.4, 0.5) is 9.59 Å². The van der Waals surface area contributed by atoms with Gasteiger partial charge in [-0.25, -0.2) is 4.79 Å². The van der Waals surface area contributed by atoms with Gasteiger partial charge in [0.25, 0.3) is 5.24 Å². The van der Waals surface area contributed by atoms with Crippen molar-refractivity contribution in [1.29, 1.82) is 0 Å². The lowest BCUT2D eigenvalue weighted by atomic mass is 9.86. The highest BCUT2D eigenvalue weighted by atomic mass is 32.2. The molecule has 0 fully saturated rings. The van der Waals surface area contributed by atoms with Crippen LogP contribution >= 0.6 is 11.8 Å². The number of carbonyl (C=O) groups excluding carboxylic acids is 2. The smallest absolute Gasteiger partial charge is 0.434 e. The molecular formula is C19H29NO4S. The first-order valence-electron chi connectivity index (χ1n) is 8.60. The van der Waals surface area contributed by atoms with Gasteiger partial charge in [0.15, 0.2) is 5.75 Å². The van der Waals surface area contributed by atoms with E-state index in [1.54, 1.807) is 11.8 Å². The van der Waals surface area contributed by atoms with E-state index in [1.165, 1.54) is 0 Å². The Labute approximate surface area is 155 Å². The first kappa shape index (κ1) is 21.4. The van der Waals surface area contributed by atoms with Gasteiger partial charge in [-0.15, -0.1) is 0 Å². The molecule has 0 spiro atoms. The molecule has 0 aliphatic carbocycles. The molecule has 0 atom stereocenters. The number of carbonyl (C=O) groups is 2. The van der Waals surface area contributed by atoms with Gasteiger partial charge < -0.3 is 14.4 Å². The molecule has 0 heterocycles. The van der Waals surface area contributed by atoms with Crippen LogP contribution in [0.5, 0.6) is 5.75 Å². The van der Waals surface area contributed by atoms with Crippen LogP contribution in [0.2, 0.25) is 0 Å². The molecular weight excluding hydrogens is 338 g/mol. The molecule has 5 nitrogen and oxygen atoms in total. The van der Waals surface area contributed by atoms with Crippen molar-refractivity contribution in [2.45, 2.75) is 58.8 Å². The van der Waals surface area contributed by atoms with E-state index in [4.69, 9.17) is 9.47 Å². The first-order valence-corrected chi connectivity index (χ1v) is 9.42. The summed E-state index contributed by atoms with van der Waals surface area (Å²) in [7, 11) is 0. The van der Waals surface area contributed by atoms with Crippen LogP contribution in [0.25, 0.3) is 0 Å². The van der Waals surface area contributed by atoms with E-state index in [2.05, 4.69) is 20.8 Å². The third kappa shape index (κ3) is 5.96. The Bertz CT molecular complexity index is 619. The summed E-state index contributed by atoms with van der Waals surface area (Å²) in [6, 6.07) is 3.91. The minimum Gasteiger partial charge on any atom is -0.434 e. The number of ether oxygens (including phenoxy) is 2. The number of aryl methyl sites for hydroxylation is 1. The molecule has 1 amide bonds. The summed E-state index contributed by atoms with van der Waals surface area (Å²) in [5, 5.41) is -0.0656. The highest BCUT2D eigenvalue weighted by Gasteiger charge is 2.23. The second-order valence-corrected chi connectivity index (χ2v) is 7.69. The van der Waals surface area contributed by atoms with E-state index in [9.17, 15) is 9.59 Å². The lowest BCUT2D eigenvalue weighted by Crippen LogP contribution is -2.26. The quantitative estimate of drug-likeness (QED) is 0.397. The minimum absolute atomic E-state index is 0.0656. The summed E-state index contributed by atoms with van der Waals surface area (Å²) in [5.41, 5.74) is 1.80. The van der Waals surface area contributed by atoms with Crippen molar-refractivity contribution < 1.29 is 19.1 Å². The molecule has 0 aromatic heterocycles. The maximum Gasteiger partial charge on any atom is 0.513 e. The summed E-state index contributed by atoms with van der Waals surface area (Å²) in [6.07, 6.45) is -0.758. The molecule has 1 rings (SSSR count). The van der Waals surface area contributed by atoms with Gasteiger partial charge in [-0.05, 0) is 62.1 Å². The predicted octanol–water partition coefficient (Wildman–Crippen LogP) is 5.38. The number of nitrogens with zero attached hydrogens (tertiary/aromatic N) is 1. The molecule has 1 aromatic rings. The number of rotatable bonds is 5. The fourth-order valence-corrected chi connectivity index (χ4v) is 3.31. The van der Waals surface area contributed by atoms with Crippen LogP contribution in [0, 0.1) is 6.92 Å². The third-order valence-electron chi connectivity index (χ3n) is 3.77. The van der Waals surface area contributed by atoms with Crippen LogP contribution in [0.3, 0.4) is 0 Å². The first-order chi connectivity index (χ1) is 11.6. The van der Waals surface area contributed by atoms with Gasteiger partial charge in [0.1, 0.15) is 0 Å². The van der Waals surface area contributed by atoms with E-state index in [-0.39, 0.29) is 17.3 Å². The van der Waals surface area contributed by atoms with Crippen molar-refractivity contribution in [3.63, 3.8) is 0 Å². The molecule has 0 radical (unpaired) electrons. The SMILES string of the molecule is CCOC(=O)Oc1c(C)cc(C(C)(C)C)cc1SC(=O)N(CC)CC. The van der Waals surface area contributed by atoms with Crippen molar-refractivity contribution in [3.05, 3.63) is 23.3 Å². The Hall–Kier alpha value is -1.69. The number of hydrogen-bond acceptors (Lipinski definition) is 5. The standard InChI is InChI=1S/C19H29NO4S/c1-8-20(9-2)17(21)25-15-12-14(19(5,6)7)11-13(4)16(15)24-18(22)23-10-3/h11-12H,8-10H2,1-7H3. The largest absolute Gasteiger partial charge is 0.513 e. The summed E-state index contributed by atoms with van der Waals surface area (Å²) in [6.45, 7) is 15.3. The van der Waals surface area contributed by atoms with Gasteiger partial charge >= 0.3 is 6.16 Å². The second-order valence-electron chi connectivity index (χ2n) is 6.70. The summed E-state index contributed by atoms with van der Waals surface area (Å²) in [4.78, 5) is 26.7. The lowest BCUT2D eigenvalue weighted by molar-refractivity contribution is 0.103. The monoisotopic (exact) mass is 367 g/mol. The summed E-state index contributed by atoms with van der Waals surface area (Å²) in [5.74, 6) is 0.386. The van der Waals surface area contributed by atoms with Gasteiger partial charge in [0.2, 0.25) is 0 Å². The average Bonchev–Trinajstić information content (AvgIpc) is 2.50. The maximum absolute atomic E-state index is 12.5. The molecule has 0 N–H and O–H groups in total. The molecule has 6 heteroatoms. The van der Waals surface area contributed by atoms with Gasteiger partial charge in [-0.1, -0.05) is 26.8 Å². The number of thioether (sulfide) groups is 1. The molecule has 0 saturated carbocycles. The molecule has 0 saturated heterocycles. The highest BCUT2D eigenvalue weighted by Crippen LogP contribution is 2.38. The predicted molar refractivity (Wildman–Crippen MR) is 102 cm³/mol. The van der Waals surface area contributed by atoms with Crippen LogP contribution < -0.4 is 4.74 Å². The van der Waals surface area contributed by atoms with E-state index < -0.39 is 6.16 Å². The normalized spacial score (nSPS) is 11.2. The number of hydrogen-bond donors (Lipinski definition) is 0.